The van der Waals surface area contributed by atoms with Crippen LogP contribution in [0, 0.1) is 6.92 Å². The third-order valence-electron chi connectivity index (χ3n) is 2.68. The van der Waals surface area contributed by atoms with Crippen LogP contribution >= 0.6 is 11.3 Å². The van der Waals surface area contributed by atoms with Gasteiger partial charge in [0, 0.05) is 23.3 Å². The summed E-state index contributed by atoms with van der Waals surface area (Å²) in [5.74, 6) is 0. The number of nitrogens with zero attached hydrogens (tertiary/aromatic N) is 1. The lowest BCUT2D eigenvalue weighted by Gasteiger charge is -2.19. The highest BCUT2D eigenvalue weighted by Gasteiger charge is 2.04. The number of nitrogen functional groups attached to an aromatic ring is 1. The van der Waals surface area contributed by atoms with Crippen molar-refractivity contribution in [2.24, 2.45) is 0 Å². The number of anilines is 2. The van der Waals surface area contributed by atoms with E-state index >= 15 is 0 Å². The Balaban J connectivity index is 2.14. The van der Waals surface area contributed by atoms with Crippen LogP contribution in [0.1, 0.15) is 10.4 Å². The highest BCUT2D eigenvalue weighted by molar-refractivity contribution is 7.09. The maximum Gasteiger partial charge on any atom is 0.0519 e. The molecule has 0 saturated heterocycles. The zero-order valence-corrected chi connectivity index (χ0v) is 10.4. The van der Waals surface area contributed by atoms with Crippen LogP contribution in [0.5, 0.6) is 0 Å². The molecule has 1 aromatic carbocycles. The minimum Gasteiger partial charge on any atom is -0.398 e. The Bertz CT molecular complexity index is 463. The summed E-state index contributed by atoms with van der Waals surface area (Å²) in [5.41, 5.74) is 9.06. The van der Waals surface area contributed by atoms with E-state index in [1.54, 1.807) is 11.3 Å². The fourth-order valence-corrected chi connectivity index (χ4v) is 2.35. The Morgan fingerprint density at radius 1 is 1.31 bits per heavy atom. The molecule has 2 aromatic rings. The molecule has 0 aliphatic heterocycles. The summed E-state index contributed by atoms with van der Waals surface area (Å²) in [6.07, 6.45) is 0. The van der Waals surface area contributed by atoms with Gasteiger partial charge in [-0.1, -0.05) is 12.1 Å². The van der Waals surface area contributed by atoms with E-state index in [0.29, 0.717) is 0 Å². The smallest absolute Gasteiger partial charge is 0.0519 e. The first kappa shape index (κ1) is 11.0. The molecule has 0 amide bonds. The molecule has 0 aliphatic carbocycles. The van der Waals surface area contributed by atoms with Crippen LogP contribution in [-0.4, -0.2) is 7.05 Å². The number of hydrogen-bond donors (Lipinski definition) is 1. The number of hydrogen-bond acceptors (Lipinski definition) is 3. The van der Waals surface area contributed by atoms with Gasteiger partial charge in [0.2, 0.25) is 0 Å². The zero-order valence-electron chi connectivity index (χ0n) is 9.60. The van der Waals surface area contributed by atoms with E-state index in [9.17, 15) is 0 Å². The predicted octanol–water partition coefficient (Wildman–Crippen LogP) is 3.28. The highest BCUT2D eigenvalue weighted by Crippen LogP contribution is 2.22. The molecule has 3 heteroatoms. The Hall–Kier alpha value is -1.48. The second-order valence-corrected chi connectivity index (χ2v) is 5.01. The normalized spacial score (nSPS) is 10.4. The van der Waals surface area contributed by atoms with E-state index in [2.05, 4.69) is 41.6 Å². The lowest BCUT2D eigenvalue weighted by molar-refractivity contribution is 0.940. The van der Waals surface area contributed by atoms with Gasteiger partial charge in [-0.15, -0.1) is 11.3 Å². The first-order valence-corrected chi connectivity index (χ1v) is 6.14. The summed E-state index contributed by atoms with van der Waals surface area (Å²) >= 11 is 1.78. The van der Waals surface area contributed by atoms with Gasteiger partial charge < -0.3 is 10.6 Å². The molecule has 1 aromatic heterocycles. The Labute approximate surface area is 100 Å². The molecule has 0 spiro atoms. The molecule has 0 radical (unpaired) electrons. The van der Waals surface area contributed by atoms with Crippen LogP contribution in [0.15, 0.2) is 35.7 Å². The van der Waals surface area contributed by atoms with Gasteiger partial charge in [0.25, 0.3) is 0 Å². The molecule has 0 atom stereocenters. The number of thiophene rings is 1. The topological polar surface area (TPSA) is 29.3 Å². The van der Waals surface area contributed by atoms with Crippen molar-refractivity contribution in [3.63, 3.8) is 0 Å². The molecule has 1 heterocycles. The lowest BCUT2D eigenvalue weighted by Crippen LogP contribution is -2.15. The summed E-state index contributed by atoms with van der Waals surface area (Å²) < 4.78 is 0. The van der Waals surface area contributed by atoms with Gasteiger partial charge in [-0.25, -0.2) is 0 Å². The van der Waals surface area contributed by atoms with Crippen molar-refractivity contribution in [2.45, 2.75) is 13.5 Å². The molecule has 0 fully saturated rings. The van der Waals surface area contributed by atoms with Crippen LogP contribution in [-0.2, 0) is 6.54 Å². The van der Waals surface area contributed by atoms with E-state index in [0.717, 1.165) is 23.5 Å². The molecule has 0 saturated carbocycles. The average Bonchev–Trinajstić information content (AvgIpc) is 2.74. The maximum absolute atomic E-state index is 5.91. The number of aryl methyl sites for hydroxylation is 1. The van der Waals surface area contributed by atoms with Gasteiger partial charge in [0.15, 0.2) is 0 Å². The third-order valence-corrected chi connectivity index (χ3v) is 3.54. The first-order chi connectivity index (χ1) is 7.66. The number of benzene rings is 1. The van der Waals surface area contributed by atoms with Crippen LogP contribution < -0.4 is 10.6 Å². The molecule has 2 N–H and O–H groups in total. The van der Waals surface area contributed by atoms with Crippen molar-refractivity contribution in [3.8, 4) is 0 Å². The molecule has 2 rings (SSSR count). The average molecular weight is 232 g/mol. The van der Waals surface area contributed by atoms with Gasteiger partial charge in [-0.05, 0) is 36.1 Å². The van der Waals surface area contributed by atoms with Crippen LogP contribution in [0.2, 0.25) is 0 Å². The van der Waals surface area contributed by atoms with Crippen LogP contribution in [0.25, 0.3) is 0 Å². The summed E-state index contributed by atoms with van der Waals surface area (Å²) in [4.78, 5) is 3.57. The molecule has 0 aliphatic rings. The van der Waals surface area contributed by atoms with E-state index in [1.165, 1.54) is 4.88 Å². The second kappa shape index (κ2) is 4.58. The first-order valence-electron chi connectivity index (χ1n) is 5.26. The monoisotopic (exact) mass is 232 g/mol. The van der Waals surface area contributed by atoms with Crippen molar-refractivity contribution < 1.29 is 0 Å². The number of nitrogens with two attached hydrogens (primary N) is 1. The fourth-order valence-electron chi connectivity index (χ4n) is 1.59. The number of rotatable bonds is 3. The van der Waals surface area contributed by atoms with Crippen molar-refractivity contribution >= 4 is 22.7 Å². The molecule has 0 unspecified atom stereocenters. The summed E-state index contributed by atoms with van der Waals surface area (Å²) in [7, 11) is 2.09. The maximum atomic E-state index is 5.91. The van der Waals surface area contributed by atoms with Crippen molar-refractivity contribution in [1.29, 1.82) is 0 Å². The van der Waals surface area contributed by atoms with Gasteiger partial charge in [0.05, 0.1) is 6.54 Å². The van der Waals surface area contributed by atoms with Crippen molar-refractivity contribution in [3.05, 3.63) is 46.2 Å². The van der Waals surface area contributed by atoms with Gasteiger partial charge in [0.1, 0.15) is 0 Å². The standard InChI is InChI=1S/C13H16N2S/c1-10-5-6-11(8-13(10)14)15(2)9-12-4-3-7-16-12/h3-8H,9,14H2,1-2H3. The van der Waals surface area contributed by atoms with E-state index in [-0.39, 0.29) is 0 Å². The van der Waals surface area contributed by atoms with Gasteiger partial charge >= 0.3 is 0 Å². The molecular weight excluding hydrogens is 216 g/mol. The second-order valence-electron chi connectivity index (χ2n) is 3.98. The third kappa shape index (κ3) is 2.36. The van der Waals surface area contributed by atoms with Crippen LogP contribution in [0.4, 0.5) is 11.4 Å². The quantitative estimate of drug-likeness (QED) is 0.823. The van der Waals surface area contributed by atoms with E-state index in [1.807, 2.05) is 13.0 Å². The molecule has 16 heavy (non-hydrogen) atoms. The van der Waals surface area contributed by atoms with Crippen LogP contribution in [0.3, 0.4) is 0 Å². The SMILES string of the molecule is Cc1ccc(N(C)Cc2cccs2)cc1N. The molecule has 84 valence electrons. The van der Waals surface area contributed by atoms with Gasteiger partial charge in [-0.3, -0.25) is 0 Å². The predicted molar refractivity (Wildman–Crippen MR) is 72.0 cm³/mol. The lowest BCUT2D eigenvalue weighted by atomic mass is 10.2. The molecule has 2 nitrogen and oxygen atoms in total. The van der Waals surface area contributed by atoms with Crippen molar-refractivity contribution in [1.82, 2.24) is 0 Å². The largest absolute Gasteiger partial charge is 0.398 e. The minimum atomic E-state index is 0.857. The van der Waals surface area contributed by atoms with E-state index < -0.39 is 0 Å². The zero-order chi connectivity index (χ0) is 11.5. The van der Waals surface area contributed by atoms with Gasteiger partial charge in [-0.2, -0.15) is 0 Å². The molecular formula is C13H16N2S. The Morgan fingerprint density at radius 2 is 2.12 bits per heavy atom. The van der Waals surface area contributed by atoms with Crippen molar-refractivity contribution in [2.75, 3.05) is 17.7 Å². The highest BCUT2D eigenvalue weighted by atomic mass is 32.1. The summed E-state index contributed by atoms with van der Waals surface area (Å²) in [6, 6.07) is 10.4. The van der Waals surface area contributed by atoms with E-state index in [4.69, 9.17) is 5.73 Å². The summed E-state index contributed by atoms with van der Waals surface area (Å²) in [6.45, 7) is 2.96. The Morgan fingerprint density at radius 3 is 2.75 bits per heavy atom. The molecule has 0 bridgehead atoms. The minimum absolute atomic E-state index is 0.857. The Kier molecular flexibility index (Phi) is 3.15. The summed E-state index contributed by atoms with van der Waals surface area (Å²) in [5, 5.41) is 2.10. The fraction of sp³-hybridized carbons (Fsp3) is 0.231.